The van der Waals surface area contributed by atoms with Crippen LogP contribution in [0.2, 0.25) is 0 Å². The summed E-state index contributed by atoms with van der Waals surface area (Å²) in [6, 6.07) is 10.0. The number of aromatic nitrogens is 2. The summed E-state index contributed by atoms with van der Waals surface area (Å²) in [6.45, 7) is 1.81. The average molecular weight is 441 g/mol. The SMILES string of the molecule is O=C(c1ccc([N+](=O)[O-])cc1)N1CCN(c2cc(Oc3ccc(F)cc3F)ncn2)CC1. The number of non-ortho nitro benzene ring substituents is 1. The standard InChI is InChI=1S/C21H17F2N5O4/c22-15-3-6-18(17(23)11-15)32-20-12-19(24-13-25-20)26-7-9-27(10-8-26)21(29)14-1-4-16(5-2-14)28(30)31/h1-6,11-13H,7-10H2. The molecule has 0 unspecified atom stereocenters. The summed E-state index contributed by atoms with van der Waals surface area (Å²) in [4.78, 5) is 34.7. The van der Waals surface area contributed by atoms with Crippen molar-refractivity contribution in [2.75, 3.05) is 31.1 Å². The number of benzene rings is 2. The molecule has 32 heavy (non-hydrogen) atoms. The highest BCUT2D eigenvalue weighted by atomic mass is 19.1. The second-order valence-corrected chi connectivity index (χ2v) is 6.97. The van der Waals surface area contributed by atoms with Crippen LogP contribution >= 0.6 is 0 Å². The Bertz CT molecular complexity index is 1150. The lowest BCUT2D eigenvalue weighted by atomic mass is 10.1. The summed E-state index contributed by atoms with van der Waals surface area (Å²) in [5.74, 6) is -1.28. The lowest BCUT2D eigenvalue weighted by Gasteiger charge is -2.35. The molecule has 1 saturated heterocycles. The highest BCUT2D eigenvalue weighted by Gasteiger charge is 2.24. The number of ether oxygens (including phenoxy) is 1. The highest BCUT2D eigenvalue weighted by molar-refractivity contribution is 5.94. The van der Waals surface area contributed by atoms with Crippen molar-refractivity contribution in [3.8, 4) is 11.6 Å². The minimum absolute atomic E-state index is 0.0753. The number of carbonyl (C=O) groups is 1. The van der Waals surface area contributed by atoms with Crippen molar-refractivity contribution in [3.63, 3.8) is 0 Å². The molecule has 0 radical (unpaired) electrons. The predicted molar refractivity (Wildman–Crippen MR) is 110 cm³/mol. The number of carbonyl (C=O) groups excluding carboxylic acids is 1. The van der Waals surface area contributed by atoms with Gasteiger partial charge in [-0.15, -0.1) is 0 Å². The maximum atomic E-state index is 13.8. The lowest BCUT2D eigenvalue weighted by Crippen LogP contribution is -2.49. The molecule has 1 aromatic heterocycles. The third-order valence-corrected chi connectivity index (χ3v) is 4.95. The fourth-order valence-corrected chi connectivity index (χ4v) is 3.28. The van der Waals surface area contributed by atoms with Gasteiger partial charge in [0.15, 0.2) is 11.6 Å². The molecule has 0 saturated carbocycles. The molecule has 11 heteroatoms. The Labute approximate surface area is 181 Å². The summed E-state index contributed by atoms with van der Waals surface area (Å²) in [6.07, 6.45) is 1.28. The van der Waals surface area contributed by atoms with E-state index in [1.807, 2.05) is 4.90 Å². The van der Waals surface area contributed by atoms with Crippen molar-refractivity contribution in [1.82, 2.24) is 14.9 Å². The second-order valence-electron chi connectivity index (χ2n) is 6.97. The normalized spacial score (nSPS) is 13.7. The second kappa shape index (κ2) is 8.92. The molecule has 1 aliphatic rings. The van der Waals surface area contributed by atoms with Gasteiger partial charge in [0.25, 0.3) is 11.6 Å². The number of amides is 1. The molecule has 1 aliphatic heterocycles. The monoisotopic (exact) mass is 441 g/mol. The minimum atomic E-state index is -0.844. The van der Waals surface area contributed by atoms with Gasteiger partial charge in [-0.25, -0.2) is 18.7 Å². The predicted octanol–water partition coefficient (Wildman–Crippen LogP) is 3.42. The molecule has 0 aliphatic carbocycles. The zero-order valence-electron chi connectivity index (χ0n) is 16.6. The molecule has 2 heterocycles. The van der Waals surface area contributed by atoms with Gasteiger partial charge < -0.3 is 14.5 Å². The number of piperazine rings is 1. The smallest absolute Gasteiger partial charge is 0.269 e. The zero-order chi connectivity index (χ0) is 22.7. The summed E-state index contributed by atoms with van der Waals surface area (Å²) in [5, 5.41) is 10.8. The van der Waals surface area contributed by atoms with Crippen molar-refractivity contribution in [3.05, 3.63) is 82.2 Å². The van der Waals surface area contributed by atoms with Gasteiger partial charge in [-0.05, 0) is 24.3 Å². The Morgan fingerprint density at radius 1 is 1.00 bits per heavy atom. The molecule has 1 amide bonds. The molecule has 3 aromatic rings. The van der Waals surface area contributed by atoms with Crippen LogP contribution in [-0.4, -0.2) is 51.9 Å². The first kappa shape index (κ1) is 21.1. The molecular formula is C21H17F2N5O4. The van der Waals surface area contributed by atoms with E-state index in [2.05, 4.69) is 9.97 Å². The van der Waals surface area contributed by atoms with Crippen LogP contribution in [0.25, 0.3) is 0 Å². The first-order valence-electron chi connectivity index (χ1n) is 9.64. The third-order valence-electron chi connectivity index (χ3n) is 4.95. The van der Waals surface area contributed by atoms with E-state index in [1.165, 1.54) is 42.7 Å². The first-order chi connectivity index (χ1) is 15.4. The van der Waals surface area contributed by atoms with E-state index < -0.39 is 16.6 Å². The molecule has 164 valence electrons. The van der Waals surface area contributed by atoms with Crippen molar-refractivity contribution < 1.29 is 23.2 Å². The molecule has 0 spiro atoms. The van der Waals surface area contributed by atoms with Crippen LogP contribution in [0, 0.1) is 21.7 Å². The van der Waals surface area contributed by atoms with Crippen LogP contribution in [0.3, 0.4) is 0 Å². The van der Waals surface area contributed by atoms with Gasteiger partial charge >= 0.3 is 0 Å². The van der Waals surface area contributed by atoms with Crippen LogP contribution in [0.1, 0.15) is 10.4 Å². The molecule has 9 nitrogen and oxygen atoms in total. The maximum absolute atomic E-state index is 13.8. The number of hydrogen-bond donors (Lipinski definition) is 0. The fraction of sp³-hybridized carbons (Fsp3) is 0.190. The van der Waals surface area contributed by atoms with Crippen molar-refractivity contribution in [2.24, 2.45) is 0 Å². The van der Waals surface area contributed by atoms with E-state index in [9.17, 15) is 23.7 Å². The van der Waals surface area contributed by atoms with Gasteiger partial charge in [0.2, 0.25) is 5.88 Å². The number of hydrogen-bond acceptors (Lipinski definition) is 7. The molecular weight excluding hydrogens is 424 g/mol. The Balaban J connectivity index is 1.39. The minimum Gasteiger partial charge on any atom is -0.436 e. The largest absolute Gasteiger partial charge is 0.436 e. The van der Waals surface area contributed by atoms with E-state index in [1.54, 1.807) is 4.90 Å². The van der Waals surface area contributed by atoms with Crippen LogP contribution in [0.5, 0.6) is 11.6 Å². The fourth-order valence-electron chi connectivity index (χ4n) is 3.28. The Morgan fingerprint density at radius 3 is 2.38 bits per heavy atom. The molecule has 0 bridgehead atoms. The Morgan fingerprint density at radius 2 is 1.72 bits per heavy atom. The van der Waals surface area contributed by atoms with E-state index in [0.29, 0.717) is 37.6 Å². The Kier molecular flexibility index (Phi) is 5.88. The summed E-state index contributed by atoms with van der Waals surface area (Å²) in [5.41, 5.74) is 0.303. The molecule has 1 fully saturated rings. The Hall–Kier alpha value is -4.15. The van der Waals surface area contributed by atoms with E-state index in [4.69, 9.17) is 4.74 Å². The van der Waals surface area contributed by atoms with E-state index in [-0.39, 0.29) is 23.2 Å². The van der Waals surface area contributed by atoms with Gasteiger partial charge in [-0.3, -0.25) is 14.9 Å². The van der Waals surface area contributed by atoms with Crippen LogP contribution in [0.15, 0.2) is 54.9 Å². The molecule has 0 N–H and O–H groups in total. The van der Waals surface area contributed by atoms with Crippen molar-refractivity contribution >= 4 is 17.4 Å². The van der Waals surface area contributed by atoms with Crippen LogP contribution in [-0.2, 0) is 0 Å². The van der Waals surface area contributed by atoms with Crippen molar-refractivity contribution in [2.45, 2.75) is 0 Å². The van der Waals surface area contributed by atoms with Gasteiger partial charge in [-0.1, -0.05) is 0 Å². The number of rotatable bonds is 5. The third kappa shape index (κ3) is 4.61. The van der Waals surface area contributed by atoms with Crippen molar-refractivity contribution in [1.29, 1.82) is 0 Å². The highest BCUT2D eigenvalue weighted by Crippen LogP contribution is 2.26. The summed E-state index contributed by atoms with van der Waals surface area (Å²) < 4.78 is 32.3. The lowest BCUT2D eigenvalue weighted by molar-refractivity contribution is -0.384. The topological polar surface area (TPSA) is 102 Å². The average Bonchev–Trinajstić information content (AvgIpc) is 2.81. The zero-order valence-corrected chi connectivity index (χ0v) is 16.6. The number of halogens is 2. The number of anilines is 1. The number of nitrogens with zero attached hydrogens (tertiary/aromatic N) is 5. The maximum Gasteiger partial charge on any atom is 0.269 e. The molecule has 2 aromatic carbocycles. The molecule has 4 rings (SSSR count). The summed E-state index contributed by atoms with van der Waals surface area (Å²) >= 11 is 0. The van der Waals surface area contributed by atoms with Gasteiger partial charge in [0, 0.05) is 56.0 Å². The summed E-state index contributed by atoms with van der Waals surface area (Å²) in [7, 11) is 0. The van der Waals surface area contributed by atoms with Crippen LogP contribution < -0.4 is 9.64 Å². The number of nitro benzene ring substituents is 1. The van der Waals surface area contributed by atoms with Gasteiger partial charge in [-0.2, -0.15) is 0 Å². The quantitative estimate of drug-likeness (QED) is 0.442. The van der Waals surface area contributed by atoms with E-state index >= 15 is 0 Å². The van der Waals surface area contributed by atoms with Crippen LogP contribution in [0.4, 0.5) is 20.3 Å². The first-order valence-corrected chi connectivity index (χ1v) is 9.64. The molecule has 0 atom stereocenters. The van der Waals surface area contributed by atoms with Gasteiger partial charge in [0.1, 0.15) is 18.0 Å². The van der Waals surface area contributed by atoms with E-state index in [0.717, 1.165) is 12.1 Å². The van der Waals surface area contributed by atoms with Gasteiger partial charge in [0.05, 0.1) is 4.92 Å². The number of nitro groups is 1.